The van der Waals surface area contributed by atoms with E-state index in [-0.39, 0.29) is 0 Å². The second kappa shape index (κ2) is 7.94. The highest BCUT2D eigenvalue weighted by atomic mass is 32.2. The van der Waals surface area contributed by atoms with E-state index >= 15 is 0 Å². The quantitative estimate of drug-likeness (QED) is 0.592. The fourth-order valence-corrected chi connectivity index (χ4v) is 1.73. The number of allylic oxidation sites excluding steroid dienone is 3. The van der Waals surface area contributed by atoms with Gasteiger partial charge in [-0.05, 0) is 17.7 Å². The summed E-state index contributed by atoms with van der Waals surface area (Å²) in [5.74, 6) is 0. The maximum absolute atomic E-state index is 8.79. The Morgan fingerprint density at radius 3 is 2.62 bits per heavy atom. The number of nitrogens with zero attached hydrogens (tertiary/aromatic N) is 1. The number of hydrogen-bond donors (Lipinski definition) is 0. The molecule has 0 bridgehead atoms. The molecule has 0 saturated heterocycles. The lowest BCUT2D eigenvalue weighted by atomic mass is 10.3. The molecule has 0 aromatic carbocycles. The zero-order chi connectivity index (χ0) is 10.1. The molecule has 0 heterocycles. The standard InChI is InChI=1S/C11H17NS/c1-4-6-8-11(9-12)13-10(3)7-5-2/h8H,3-7H2,1-2H3/b11-8-. The first-order valence-corrected chi connectivity index (χ1v) is 5.52. The number of nitriles is 1. The van der Waals surface area contributed by atoms with Gasteiger partial charge in [0.05, 0.1) is 4.91 Å². The van der Waals surface area contributed by atoms with Crippen molar-refractivity contribution >= 4 is 11.8 Å². The van der Waals surface area contributed by atoms with Gasteiger partial charge in [0.15, 0.2) is 0 Å². The highest BCUT2D eigenvalue weighted by molar-refractivity contribution is 8.06. The van der Waals surface area contributed by atoms with Crippen LogP contribution in [0.5, 0.6) is 0 Å². The number of unbranched alkanes of at least 4 members (excludes halogenated alkanes) is 1. The predicted molar refractivity (Wildman–Crippen MR) is 60.2 cm³/mol. The van der Waals surface area contributed by atoms with Gasteiger partial charge >= 0.3 is 0 Å². The SMILES string of the molecule is C=C(CCC)S/C(C#N)=C\CCC. The molecule has 1 nitrogen and oxygen atoms in total. The molecule has 0 aliphatic heterocycles. The van der Waals surface area contributed by atoms with Crippen molar-refractivity contribution in [1.82, 2.24) is 0 Å². The van der Waals surface area contributed by atoms with Crippen molar-refractivity contribution in [2.24, 2.45) is 0 Å². The maximum atomic E-state index is 8.79. The molecule has 0 aromatic heterocycles. The molecule has 72 valence electrons. The van der Waals surface area contributed by atoms with E-state index in [2.05, 4.69) is 26.5 Å². The van der Waals surface area contributed by atoms with Crippen LogP contribution in [-0.4, -0.2) is 0 Å². The van der Waals surface area contributed by atoms with Gasteiger partial charge in [-0.3, -0.25) is 0 Å². The van der Waals surface area contributed by atoms with Crippen molar-refractivity contribution in [3.63, 3.8) is 0 Å². The van der Waals surface area contributed by atoms with Crippen molar-refractivity contribution in [2.45, 2.75) is 39.5 Å². The van der Waals surface area contributed by atoms with Crippen LogP contribution in [0.4, 0.5) is 0 Å². The van der Waals surface area contributed by atoms with Crippen molar-refractivity contribution in [3.8, 4) is 6.07 Å². The molecule has 0 atom stereocenters. The first kappa shape index (κ1) is 12.3. The molecule has 0 rings (SSSR count). The van der Waals surface area contributed by atoms with Crippen LogP contribution in [0.1, 0.15) is 39.5 Å². The van der Waals surface area contributed by atoms with Gasteiger partial charge in [-0.25, -0.2) is 0 Å². The number of hydrogen-bond acceptors (Lipinski definition) is 2. The summed E-state index contributed by atoms with van der Waals surface area (Å²) in [4.78, 5) is 1.88. The van der Waals surface area contributed by atoms with Gasteiger partial charge in [-0.1, -0.05) is 51.1 Å². The summed E-state index contributed by atoms with van der Waals surface area (Å²) in [7, 11) is 0. The summed E-state index contributed by atoms with van der Waals surface area (Å²) < 4.78 is 0. The van der Waals surface area contributed by atoms with Crippen molar-refractivity contribution in [2.75, 3.05) is 0 Å². The van der Waals surface area contributed by atoms with Gasteiger partial charge in [0.25, 0.3) is 0 Å². The van der Waals surface area contributed by atoms with Crippen LogP contribution in [0.2, 0.25) is 0 Å². The molecular weight excluding hydrogens is 178 g/mol. The van der Waals surface area contributed by atoms with Crippen molar-refractivity contribution in [1.29, 1.82) is 5.26 Å². The summed E-state index contributed by atoms with van der Waals surface area (Å²) in [5.41, 5.74) is 0. The molecule has 0 aliphatic carbocycles. The molecule has 2 heteroatoms. The molecule has 0 saturated carbocycles. The Morgan fingerprint density at radius 2 is 2.15 bits per heavy atom. The lowest BCUT2D eigenvalue weighted by Gasteiger charge is -2.01. The summed E-state index contributed by atoms with van der Waals surface area (Å²) in [6.07, 6.45) is 6.15. The highest BCUT2D eigenvalue weighted by Gasteiger charge is 1.99. The predicted octanol–water partition coefficient (Wildman–Crippen LogP) is 4.24. The van der Waals surface area contributed by atoms with Gasteiger partial charge in [0, 0.05) is 0 Å². The van der Waals surface area contributed by atoms with Crippen molar-refractivity contribution in [3.05, 3.63) is 22.5 Å². The molecule has 0 fully saturated rings. The van der Waals surface area contributed by atoms with Gasteiger partial charge in [-0.15, -0.1) is 0 Å². The first-order valence-electron chi connectivity index (χ1n) is 4.70. The Kier molecular flexibility index (Phi) is 7.53. The summed E-state index contributed by atoms with van der Waals surface area (Å²) in [6.45, 7) is 8.14. The average molecular weight is 195 g/mol. The molecule has 0 amide bonds. The molecule has 0 aliphatic rings. The summed E-state index contributed by atoms with van der Waals surface area (Å²) in [6, 6.07) is 2.19. The average Bonchev–Trinajstić information content (AvgIpc) is 2.12. The second-order valence-electron chi connectivity index (χ2n) is 2.86. The van der Waals surface area contributed by atoms with Crippen LogP contribution in [-0.2, 0) is 0 Å². The van der Waals surface area contributed by atoms with Crippen LogP contribution < -0.4 is 0 Å². The Balaban J connectivity index is 3.99. The molecule has 0 radical (unpaired) electrons. The van der Waals surface area contributed by atoms with E-state index in [9.17, 15) is 0 Å². The molecule has 0 unspecified atom stereocenters. The normalized spacial score (nSPS) is 11.0. The fraction of sp³-hybridized carbons (Fsp3) is 0.545. The zero-order valence-electron chi connectivity index (χ0n) is 8.47. The Hall–Kier alpha value is -0.680. The first-order chi connectivity index (χ1) is 6.24. The third-order valence-electron chi connectivity index (χ3n) is 1.51. The number of rotatable bonds is 6. The van der Waals surface area contributed by atoms with Gasteiger partial charge in [0.2, 0.25) is 0 Å². The Morgan fingerprint density at radius 1 is 1.46 bits per heavy atom. The van der Waals surface area contributed by atoms with E-state index in [0.29, 0.717) is 0 Å². The van der Waals surface area contributed by atoms with Crippen LogP contribution in [0.15, 0.2) is 22.5 Å². The van der Waals surface area contributed by atoms with Crippen LogP contribution in [0.3, 0.4) is 0 Å². The van der Waals surface area contributed by atoms with Crippen LogP contribution in [0, 0.1) is 11.3 Å². The molecule has 13 heavy (non-hydrogen) atoms. The third-order valence-corrected chi connectivity index (χ3v) is 2.48. The minimum absolute atomic E-state index is 0.792. The second-order valence-corrected chi connectivity index (χ2v) is 4.08. The summed E-state index contributed by atoms with van der Waals surface area (Å²) in [5, 5.41) is 8.79. The number of thioether (sulfide) groups is 1. The molecule has 0 spiro atoms. The van der Waals surface area contributed by atoms with E-state index < -0.39 is 0 Å². The minimum atomic E-state index is 0.792. The fourth-order valence-electron chi connectivity index (χ4n) is 0.871. The van der Waals surface area contributed by atoms with E-state index in [4.69, 9.17) is 5.26 Å². The lowest BCUT2D eigenvalue weighted by molar-refractivity contribution is 0.949. The van der Waals surface area contributed by atoms with E-state index in [0.717, 1.165) is 35.5 Å². The monoisotopic (exact) mass is 195 g/mol. The van der Waals surface area contributed by atoms with Crippen LogP contribution >= 0.6 is 11.8 Å². The topological polar surface area (TPSA) is 23.8 Å². The maximum Gasteiger partial charge on any atom is 0.106 e. The highest BCUT2D eigenvalue weighted by Crippen LogP contribution is 2.26. The Labute approximate surface area is 85.5 Å². The van der Waals surface area contributed by atoms with Crippen molar-refractivity contribution < 1.29 is 0 Å². The third kappa shape index (κ3) is 6.48. The Bertz CT molecular complexity index is 223. The molecule has 0 aromatic rings. The van der Waals surface area contributed by atoms with E-state index in [1.807, 2.05) is 6.08 Å². The largest absolute Gasteiger partial charge is 0.192 e. The van der Waals surface area contributed by atoms with Crippen LogP contribution in [0.25, 0.3) is 0 Å². The molecule has 0 N–H and O–H groups in total. The van der Waals surface area contributed by atoms with Gasteiger partial charge in [-0.2, -0.15) is 5.26 Å². The zero-order valence-corrected chi connectivity index (χ0v) is 9.28. The smallest absolute Gasteiger partial charge is 0.106 e. The van der Waals surface area contributed by atoms with Gasteiger partial charge < -0.3 is 0 Å². The molecular formula is C11H17NS. The summed E-state index contributed by atoms with van der Waals surface area (Å²) >= 11 is 1.51. The van der Waals surface area contributed by atoms with E-state index in [1.54, 1.807) is 0 Å². The van der Waals surface area contributed by atoms with Gasteiger partial charge in [0.1, 0.15) is 6.07 Å². The van der Waals surface area contributed by atoms with E-state index in [1.165, 1.54) is 11.8 Å². The lowest BCUT2D eigenvalue weighted by Crippen LogP contribution is -1.77. The minimum Gasteiger partial charge on any atom is -0.192 e.